The predicted molar refractivity (Wildman–Crippen MR) is 79.6 cm³/mol. The van der Waals surface area contributed by atoms with Gasteiger partial charge in [-0.05, 0) is 32.0 Å². The van der Waals surface area contributed by atoms with Crippen LogP contribution in [-0.2, 0) is 16.1 Å². The number of aliphatic carboxylic acids is 1. The Labute approximate surface area is 125 Å². The number of carbonyl (C=O) groups excluding carboxylic acids is 1. The summed E-state index contributed by atoms with van der Waals surface area (Å²) in [4.78, 5) is 24.6. The molecule has 2 rings (SSSR count). The van der Waals surface area contributed by atoms with Crippen LogP contribution >= 0.6 is 0 Å². The van der Waals surface area contributed by atoms with Gasteiger partial charge < -0.3 is 15.3 Å². The molecule has 0 radical (unpaired) electrons. The fourth-order valence-corrected chi connectivity index (χ4v) is 2.42. The number of amides is 1. The van der Waals surface area contributed by atoms with Crippen molar-refractivity contribution in [3.8, 4) is 0 Å². The van der Waals surface area contributed by atoms with Gasteiger partial charge in [0.1, 0.15) is 0 Å². The number of benzene rings is 1. The van der Waals surface area contributed by atoms with E-state index in [1.807, 2.05) is 18.2 Å². The lowest BCUT2D eigenvalue weighted by molar-refractivity contribution is -0.140. The van der Waals surface area contributed by atoms with Crippen LogP contribution in [0, 0.1) is 11.8 Å². The van der Waals surface area contributed by atoms with E-state index in [-0.39, 0.29) is 11.8 Å². The number of rotatable bonds is 8. The van der Waals surface area contributed by atoms with Crippen LogP contribution in [0.3, 0.4) is 0 Å². The lowest BCUT2D eigenvalue weighted by Gasteiger charge is -2.16. The Morgan fingerprint density at radius 3 is 2.62 bits per heavy atom. The average molecular weight is 290 g/mol. The molecule has 114 valence electrons. The van der Waals surface area contributed by atoms with Crippen molar-refractivity contribution in [1.82, 2.24) is 10.2 Å². The number of hydrogen-bond donors (Lipinski definition) is 2. The smallest absolute Gasteiger partial charge is 0.307 e. The molecule has 0 aliphatic heterocycles. The second-order valence-electron chi connectivity index (χ2n) is 5.65. The number of nitrogens with one attached hydrogen (secondary N) is 1. The van der Waals surface area contributed by atoms with Gasteiger partial charge in [-0.3, -0.25) is 9.59 Å². The predicted octanol–water partition coefficient (Wildman–Crippen LogP) is 1.35. The Morgan fingerprint density at radius 2 is 2.00 bits per heavy atom. The molecule has 5 heteroatoms. The zero-order valence-electron chi connectivity index (χ0n) is 12.3. The van der Waals surface area contributed by atoms with Crippen LogP contribution in [0.1, 0.15) is 18.4 Å². The highest BCUT2D eigenvalue weighted by atomic mass is 16.4. The van der Waals surface area contributed by atoms with E-state index < -0.39 is 11.9 Å². The summed E-state index contributed by atoms with van der Waals surface area (Å²) in [5.41, 5.74) is 1.27. The normalized spacial score (nSPS) is 20.3. The Kier molecular flexibility index (Phi) is 5.33. The molecule has 5 nitrogen and oxygen atoms in total. The van der Waals surface area contributed by atoms with Crippen LogP contribution in [0.4, 0.5) is 0 Å². The summed E-state index contributed by atoms with van der Waals surface area (Å²) in [5, 5.41) is 11.6. The first-order valence-corrected chi connectivity index (χ1v) is 7.31. The molecule has 0 spiro atoms. The molecule has 0 saturated heterocycles. The Morgan fingerprint density at radius 1 is 1.29 bits per heavy atom. The number of carbonyl (C=O) groups is 2. The van der Waals surface area contributed by atoms with Crippen LogP contribution in [0.25, 0.3) is 0 Å². The molecule has 0 heterocycles. The molecule has 0 aromatic heterocycles. The lowest BCUT2D eigenvalue weighted by Crippen LogP contribution is -2.30. The van der Waals surface area contributed by atoms with Crippen molar-refractivity contribution in [2.75, 3.05) is 20.1 Å². The fraction of sp³-hybridized carbons (Fsp3) is 0.500. The van der Waals surface area contributed by atoms with Crippen LogP contribution < -0.4 is 5.32 Å². The maximum atomic E-state index is 11.7. The highest BCUT2D eigenvalue weighted by molar-refractivity contribution is 5.89. The first-order valence-electron chi connectivity index (χ1n) is 7.31. The Bertz CT molecular complexity index is 490. The van der Waals surface area contributed by atoms with Gasteiger partial charge in [0.2, 0.25) is 5.91 Å². The molecule has 1 aromatic rings. The van der Waals surface area contributed by atoms with E-state index in [2.05, 4.69) is 29.4 Å². The molecule has 1 fully saturated rings. The van der Waals surface area contributed by atoms with E-state index in [1.54, 1.807) is 0 Å². The summed E-state index contributed by atoms with van der Waals surface area (Å²) in [6.07, 6.45) is 1.34. The van der Waals surface area contributed by atoms with E-state index in [0.29, 0.717) is 13.0 Å². The zero-order valence-corrected chi connectivity index (χ0v) is 12.3. The Hall–Kier alpha value is -1.88. The molecule has 21 heavy (non-hydrogen) atoms. The van der Waals surface area contributed by atoms with Crippen molar-refractivity contribution in [2.45, 2.75) is 19.4 Å². The highest BCUT2D eigenvalue weighted by Crippen LogP contribution is 2.38. The zero-order chi connectivity index (χ0) is 15.2. The van der Waals surface area contributed by atoms with Crippen molar-refractivity contribution >= 4 is 11.9 Å². The maximum absolute atomic E-state index is 11.7. The molecular formula is C16H22N2O3. The molecular weight excluding hydrogens is 268 g/mol. The van der Waals surface area contributed by atoms with Gasteiger partial charge in [0.05, 0.1) is 11.8 Å². The summed E-state index contributed by atoms with van der Waals surface area (Å²) in [6.45, 7) is 2.38. The van der Waals surface area contributed by atoms with Gasteiger partial charge in [-0.15, -0.1) is 0 Å². The first kappa shape index (κ1) is 15.5. The lowest BCUT2D eigenvalue weighted by atomic mass is 10.2. The van der Waals surface area contributed by atoms with E-state index >= 15 is 0 Å². The molecule has 1 aliphatic carbocycles. The molecule has 1 saturated carbocycles. The van der Waals surface area contributed by atoms with E-state index in [1.165, 1.54) is 5.56 Å². The van der Waals surface area contributed by atoms with Gasteiger partial charge in [0.25, 0.3) is 0 Å². The van der Waals surface area contributed by atoms with Gasteiger partial charge in [-0.2, -0.15) is 0 Å². The minimum Gasteiger partial charge on any atom is -0.481 e. The minimum absolute atomic E-state index is 0.117. The average Bonchev–Trinajstić information content (AvgIpc) is 3.25. The van der Waals surface area contributed by atoms with Crippen molar-refractivity contribution in [1.29, 1.82) is 0 Å². The fourth-order valence-electron chi connectivity index (χ4n) is 2.42. The van der Waals surface area contributed by atoms with Crippen LogP contribution in [0.15, 0.2) is 30.3 Å². The Balaban J connectivity index is 1.57. The molecule has 1 amide bonds. The summed E-state index contributed by atoms with van der Waals surface area (Å²) >= 11 is 0. The van der Waals surface area contributed by atoms with E-state index in [0.717, 1.165) is 19.5 Å². The SMILES string of the molecule is CN(CCCNC(=O)[C@@H]1C[C@@H]1C(=O)O)Cc1ccccc1. The number of nitrogens with zero attached hydrogens (tertiary/aromatic N) is 1. The van der Waals surface area contributed by atoms with E-state index in [9.17, 15) is 9.59 Å². The molecule has 2 N–H and O–H groups in total. The van der Waals surface area contributed by atoms with E-state index in [4.69, 9.17) is 5.11 Å². The molecule has 0 unspecified atom stereocenters. The van der Waals surface area contributed by atoms with Crippen LogP contribution in [0.2, 0.25) is 0 Å². The van der Waals surface area contributed by atoms with Crippen LogP contribution in [-0.4, -0.2) is 42.0 Å². The summed E-state index contributed by atoms with van der Waals surface area (Å²) in [7, 11) is 2.05. The second-order valence-corrected chi connectivity index (χ2v) is 5.65. The quantitative estimate of drug-likeness (QED) is 0.709. The summed E-state index contributed by atoms with van der Waals surface area (Å²) in [6, 6.07) is 10.2. The number of carboxylic acid groups (broad SMARTS) is 1. The molecule has 1 aromatic carbocycles. The third-order valence-corrected chi connectivity index (χ3v) is 3.76. The monoisotopic (exact) mass is 290 g/mol. The molecule has 2 atom stereocenters. The standard InChI is InChI=1S/C16H22N2O3/c1-18(11-12-6-3-2-4-7-12)9-5-8-17-15(19)13-10-14(13)16(20)21/h2-4,6-7,13-14H,5,8-11H2,1H3,(H,17,19)(H,20,21)/t13-,14+/m1/s1. The maximum Gasteiger partial charge on any atom is 0.307 e. The largest absolute Gasteiger partial charge is 0.481 e. The van der Waals surface area contributed by atoms with Crippen molar-refractivity contribution in [3.05, 3.63) is 35.9 Å². The third kappa shape index (κ3) is 4.86. The van der Waals surface area contributed by atoms with Gasteiger partial charge in [0.15, 0.2) is 0 Å². The van der Waals surface area contributed by atoms with Crippen LogP contribution in [0.5, 0.6) is 0 Å². The van der Waals surface area contributed by atoms with Crippen molar-refractivity contribution in [2.24, 2.45) is 11.8 Å². The van der Waals surface area contributed by atoms with Gasteiger partial charge in [-0.25, -0.2) is 0 Å². The summed E-state index contributed by atoms with van der Waals surface area (Å²) in [5.74, 6) is -1.76. The van der Waals surface area contributed by atoms with Gasteiger partial charge in [-0.1, -0.05) is 30.3 Å². The van der Waals surface area contributed by atoms with Crippen molar-refractivity contribution < 1.29 is 14.7 Å². The number of carboxylic acids is 1. The van der Waals surface area contributed by atoms with Crippen molar-refractivity contribution in [3.63, 3.8) is 0 Å². The highest BCUT2D eigenvalue weighted by Gasteiger charge is 2.48. The van der Waals surface area contributed by atoms with Gasteiger partial charge in [0, 0.05) is 13.1 Å². The summed E-state index contributed by atoms with van der Waals surface area (Å²) < 4.78 is 0. The minimum atomic E-state index is -0.863. The topological polar surface area (TPSA) is 69.6 Å². The first-order chi connectivity index (χ1) is 10.1. The van der Waals surface area contributed by atoms with Gasteiger partial charge >= 0.3 is 5.97 Å². The molecule has 0 bridgehead atoms. The second kappa shape index (κ2) is 7.22. The molecule has 1 aliphatic rings. The number of hydrogen-bond acceptors (Lipinski definition) is 3. The third-order valence-electron chi connectivity index (χ3n) is 3.76.